The first-order chi connectivity index (χ1) is 7.22. The summed E-state index contributed by atoms with van der Waals surface area (Å²) in [6.45, 7) is 3.00. The van der Waals surface area contributed by atoms with E-state index < -0.39 is 0 Å². The molecular weight excluding hydrogens is 260 g/mol. The van der Waals surface area contributed by atoms with Crippen LogP contribution in [0.3, 0.4) is 0 Å². The minimum absolute atomic E-state index is 0.108. The first-order valence-corrected chi connectivity index (χ1v) is 5.65. The Labute approximate surface area is 97.1 Å². The highest BCUT2D eigenvalue weighted by molar-refractivity contribution is 9.10. The van der Waals surface area contributed by atoms with Gasteiger partial charge in [0.25, 0.3) is 0 Å². The van der Waals surface area contributed by atoms with E-state index in [9.17, 15) is 0 Å². The van der Waals surface area contributed by atoms with Crippen LogP contribution in [-0.2, 0) is 11.3 Å². The molecule has 0 radical (unpaired) electrons. The number of fused-ring (bicyclic) bond motifs is 1. The van der Waals surface area contributed by atoms with Gasteiger partial charge in [-0.15, -0.1) is 0 Å². The summed E-state index contributed by atoms with van der Waals surface area (Å²) >= 11 is 3.49. The Morgan fingerprint density at radius 1 is 1.53 bits per heavy atom. The first-order valence-electron chi connectivity index (χ1n) is 4.86. The second kappa shape index (κ2) is 4.51. The van der Waals surface area contributed by atoms with Crippen molar-refractivity contribution in [1.82, 2.24) is 0 Å². The van der Waals surface area contributed by atoms with Crippen LogP contribution in [0.4, 0.5) is 0 Å². The topological polar surface area (TPSA) is 38.7 Å². The molecule has 82 valence electrons. The number of rotatable bonds is 2. The third-order valence-corrected chi connectivity index (χ3v) is 3.23. The zero-order valence-electron chi connectivity index (χ0n) is 8.50. The average molecular weight is 273 g/mol. The molecule has 0 saturated carbocycles. The Kier molecular flexibility index (Phi) is 3.29. The predicted octanol–water partition coefficient (Wildman–Crippen LogP) is 2.41. The van der Waals surface area contributed by atoms with Crippen LogP contribution in [0, 0.1) is 0 Å². The van der Waals surface area contributed by atoms with E-state index >= 15 is 0 Å². The molecule has 0 aromatic heterocycles. The third-order valence-electron chi connectivity index (χ3n) is 2.54. The molecule has 1 heterocycles. The SMILES string of the molecule is CC(CO)c1cc2c(cc1Br)COCO2. The summed E-state index contributed by atoms with van der Waals surface area (Å²) < 4.78 is 11.6. The fourth-order valence-corrected chi connectivity index (χ4v) is 2.37. The van der Waals surface area contributed by atoms with Crippen molar-refractivity contribution in [3.63, 3.8) is 0 Å². The lowest BCUT2D eigenvalue weighted by Crippen LogP contribution is -2.12. The highest BCUT2D eigenvalue weighted by atomic mass is 79.9. The highest BCUT2D eigenvalue weighted by Gasteiger charge is 2.16. The summed E-state index contributed by atoms with van der Waals surface area (Å²) in [7, 11) is 0. The van der Waals surface area contributed by atoms with Crippen LogP contribution < -0.4 is 4.74 Å². The van der Waals surface area contributed by atoms with Crippen molar-refractivity contribution in [1.29, 1.82) is 0 Å². The van der Waals surface area contributed by atoms with Crippen LogP contribution in [0.2, 0.25) is 0 Å². The van der Waals surface area contributed by atoms with Crippen molar-refractivity contribution >= 4 is 15.9 Å². The molecule has 0 spiro atoms. The van der Waals surface area contributed by atoms with Gasteiger partial charge < -0.3 is 14.6 Å². The van der Waals surface area contributed by atoms with E-state index in [2.05, 4.69) is 15.9 Å². The molecule has 0 saturated heterocycles. The minimum Gasteiger partial charge on any atom is -0.467 e. The van der Waals surface area contributed by atoms with Gasteiger partial charge in [-0.1, -0.05) is 22.9 Å². The standard InChI is InChI=1S/C11H13BrO3/c1-7(4-13)9-3-11-8(2-10(9)12)5-14-6-15-11/h2-3,7,13H,4-6H2,1H3. The lowest BCUT2D eigenvalue weighted by atomic mass is 10.00. The zero-order valence-corrected chi connectivity index (χ0v) is 10.1. The van der Waals surface area contributed by atoms with Gasteiger partial charge in [0.2, 0.25) is 0 Å². The lowest BCUT2D eigenvalue weighted by Gasteiger charge is -2.21. The largest absolute Gasteiger partial charge is 0.467 e. The lowest BCUT2D eigenvalue weighted by molar-refractivity contribution is -0.0165. The molecule has 1 N–H and O–H groups in total. The molecule has 1 aromatic rings. The van der Waals surface area contributed by atoms with Crippen molar-refractivity contribution in [2.45, 2.75) is 19.4 Å². The molecule has 15 heavy (non-hydrogen) atoms. The highest BCUT2D eigenvalue weighted by Crippen LogP contribution is 2.33. The number of aliphatic hydroxyl groups excluding tert-OH is 1. The molecule has 1 atom stereocenters. The molecule has 0 fully saturated rings. The molecule has 1 aliphatic heterocycles. The van der Waals surface area contributed by atoms with Gasteiger partial charge in [0.1, 0.15) is 5.75 Å². The van der Waals surface area contributed by atoms with Gasteiger partial charge in [0, 0.05) is 22.6 Å². The number of benzene rings is 1. The van der Waals surface area contributed by atoms with E-state index in [4.69, 9.17) is 14.6 Å². The maximum Gasteiger partial charge on any atom is 0.189 e. The molecule has 1 unspecified atom stereocenters. The third kappa shape index (κ3) is 2.17. The molecule has 0 bridgehead atoms. The van der Waals surface area contributed by atoms with E-state index in [1.807, 2.05) is 19.1 Å². The Balaban J connectivity index is 2.40. The van der Waals surface area contributed by atoms with Gasteiger partial charge in [-0.2, -0.15) is 0 Å². The predicted molar refractivity (Wildman–Crippen MR) is 59.9 cm³/mol. The van der Waals surface area contributed by atoms with E-state index in [0.29, 0.717) is 13.4 Å². The fourth-order valence-electron chi connectivity index (χ4n) is 1.59. The van der Waals surface area contributed by atoms with Crippen LogP contribution in [0.25, 0.3) is 0 Å². The van der Waals surface area contributed by atoms with E-state index in [-0.39, 0.29) is 12.5 Å². The van der Waals surface area contributed by atoms with Gasteiger partial charge in [-0.05, 0) is 17.7 Å². The van der Waals surface area contributed by atoms with E-state index in [1.165, 1.54) is 0 Å². The molecule has 1 aromatic carbocycles. The molecule has 0 amide bonds. The fraction of sp³-hybridized carbons (Fsp3) is 0.455. The van der Waals surface area contributed by atoms with Gasteiger partial charge in [0.05, 0.1) is 6.61 Å². The first kappa shape index (κ1) is 10.9. The number of aliphatic hydroxyl groups is 1. The molecule has 0 aliphatic carbocycles. The van der Waals surface area contributed by atoms with Crippen molar-refractivity contribution in [3.8, 4) is 5.75 Å². The van der Waals surface area contributed by atoms with Crippen LogP contribution >= 0.6 is 15.9 Å². The minimum atomic E-state index is 0.108. The molecule has 1 aliphatic rings. The van der Waals surface area contributed by atoms with Crippen LogP contribution in [0.5, 0.6) is 5.75 Å². The number of ether oxygens (including phenoxy) is 2. The Morgan fingerprint density at radius 3 is 3.07 bits per heavy atom. The van der Waals surface area contributed by atoms with Crippen molar-refractivity contribution in [3.05, 3.63) is 27.7 Å². The Bertz CT molecular complexity index is 365. The van der Waals surface area contributed by atoms with Gasteiger partial charge in [-0.3, -0.25) is 0 Å². The second-order valence-electron chi connectivity index (χ2n) is 3.68. The molecule has 2 rings (SSSR count). The Morgan fingerprint density at radius 2 is 2.33 bits per heavy atom. The summed E-state index contributed by atoms with van der Waals surface area (Å²) in [6.07, 6.45) is 0. The monoisotopic (exact) mass is 272 g/mol. The van der Waals surface area contributed by atoms with Gasteiger partial charge in [0.15, 0.2) is 6.79 Å². The molecular formula is C11H13BrO3. The van der Waals surface area contributed by atoms with Gasteiger partial charge >= 0.3 is 0 Å². The summed E-state index contributed by atoms with van der Waals surface area (Å²) in [6, 6.07) is 3.97. The smallest absolute Gasteiger partial charge is 0.189 e. The summed E-state index contributed by atoms with van der Waals surface area (Å²) in [4.78, 5) is 0. The van der Waals surface area contributed by atoms with E-state index in [1.54, 1.807) is 0 Å². The van der Waals surface area contributed by atoms with Gasteiger partial charge in [-0.25, -0.2) is 0 Å². The summed E-state index contributed by atoms with van der Waals surface area (Å²) in [5, 5.41) is 9.13. The Hall–Kier alpha value is -0.580. The summed E-state index contributed by atoms with van der Waals surface area (Å²) in [5.74, 6) is 0.968. The maximum absolute atomic E-state index is 9.13. The van der Waals surface area contributed by atoms with Crippen molar-refractivity contribution < 1.29 is 14.6 Å². The maximum atomic E-state index is 9.13. The van der Waals surface area contributed by atoms with Crippen LogP contribution in [-0.4, -0.2) is 18.5 Å². The zero-order chi connectivity index (χ0) is 10.8. The van der Waals surface area contributed by atoms with E-state index in [0.717, 1.165) is 21.3 Å². The molecule has 3 nitrogen and oxygen atoms in total. The normalized spacial score (nSPS) is 16.7. The number of hydrogen-bond acceptors (Lipinski definition) is 3. The van der Waals surface area contributed by atoms with Crippen LogP contribution in [0.15, 0.2) is 16.6 Å². The van der Waals surface area contributed by atoms with Crippen LogP contribution in [0.1, 0.15) is 24.0 Å². The summed E-state index contributed by atoms with van der Waals surface area (Å²) in [5.41, 5.74) is 2.11. The van der Waals surface area contributed by atoms with Crippen molar-refractivity contribution in [2.75, 3.05) is 13.4 Å². The average Bonchev–Trinajstić information content (AvgIpc) is 2.27. The second-order valence-corrected chi connectivity index (χ2v) is 4.53. The number of hydrogen-bond donors (Lipinski definition) is 1. The van der Waals surface area contributed by atoms with Crippen molar-refractivity contribution in [2.24, 2.45) is 0 Å². The molecule has 4 heteroatoms. The number of halogens is 1. The quantitative estimate of drug-likeness (QED) is 0.899.